The summed E-state index contributed by atoms with van der Waals surface area (Å²) in [5.41, 5.74) is 6.46. The molecule has 1 saturated heterocycles. The molecule has 0 saturated carbocycles. The first-order valence-electron chi connectivity index (χ1n) is 6.77. The molecule has 0 spiro atoms. The SMILES string of the molecule is CC(C)c1ncc(N)c(C(=O)N2CCCC2(C)C)n1. The Morgan fingerprint density at radius 3 is 2.68 bits per heavy atom. The smallest absolute Gasteiger partial charge is 0.275 e. The van der Waals surface area contributed by atoms with Crippen molar-refractivity contribution in [1.29, 1.82) is 0 Å². The summed E-state index contributed by atoms with van der Waals surface area (Å²) in [6.45, 7) is 8.93. The lowest BCUT2D eigenvalue weighted by Gasteiger charge is -2.31. The second-order valence-corrected chi connectivity index (χ2v) is 6.06. The lowest BCUT2D eigenvalue weighted by atomic mass is 10.0. The highest BCUT2D eigenvalue weighted by molar-refractivity contribution is 5.97. The van der Waals surface area contributed by atoms with Crippen LogP contribution < -0.4 is 5.73 Å². The van der Waals surface area contributed by atoms with E-state index in [9.17, 15) is 4.79 Å². The number of hydrogen-bond donors (Lipinski definition) is 1. The molecule has 1 aromatic rings. The van der Waals surface area contributed by atoms with E-state index in [1.54, 1.807) is 6.20 Å². The van der Waals surface area contributed by atoms with Crippen LogP contribution in [-0.2, 0) is 0 Å². The molecule has 1 aliphatic heterocycles. The molecule has 1 amide bonds. The number of amides is 1. The first-order valence-corrected chi connectivity index (χ1v) is 6.77. The van der Waals surface area contributed by atoms with Gasteiger partial charge < -0.3 is 10.6 Å². The summed E-state index contributed by atoms with van der Waals surface area (Å²) in [6.07, 6.45) is 3.58. The minimum absolute atomic E-state index is 0.0794. The van der Waals surface area contributed by atoms with Crippen LogP contribution in [0.25, 0.3) is 0 Å². The van der Waals surface area contributed by atoms with Crippen LogP contribution in [0.15, 0.2) is 6.20 Å². The van der Waals surface area contributed by atoms with Crippen molar-refractivity contribution in [3.8, 4) is 0 Å². The van der Waals surface area contributed by atoms with Crippen molar-refractivity contribution in [2.24, 2.45) is 0 Å². The van der Waals surface area contributed by atoms with Crippen molar-refractivity contribution < 1.29 is 4.79 Å². The van der Waals surface area contributed by atoms with E-state index in [1.165, 1.54) is 0 Å². The van der Waals surface area contributed by atoms with Crippen LogP contribution in [-0.4, -0.2) is 32.9 Å². The zero-order chi connectivity index (χ0) is 14.2. The number of nitrogens with two attached hydrogens (primary N) is 1. The summed E-state index contributed by atoms with van der Waals surface area (Å²) in [5, 5.41) is 0. The van der Waals surface area contributed by atoms with Gasteiger partial charge in [0, 0.05) is 18.0 Å². The van der Waals surface area contributed by atoms with E-state index in [4.69, 9.17) is 5.73 Å². The Morgan fingerprint density at radius 2 is 2.16 bits per heavy atom. The minimum atomic E-state index is -0.119. The van der Waals surface area contributed by atoms with Crippen LogP contribution in [0.5, 0.6) is 0 Å². The van der Waals surface area contributed by atoms with Gasteiger partial charge >= 0.3 is 0 Å². The molecule has 2 rings (SSSR count). The fourth-order valence-corrected chi connectivity index (χ4v) is 2.47. The number of nitrogens with zero attached hydrogens (tertiary/aromatic N) is 3. The molecule has 104 valence electrons. The fourth-order valence-electron chi connectivity index (χ4n) is 2.47. The number of hydrogen-bond acceptors (Lipinski definition) is 4. The van der Waals surface area contributed by atoms with Crippen LogP contribution in [0.2, 0.25) is 0 Å². The molecule has 5 heteroatoms. The van der Waals surface area contributed by atoms with Crippen molar-refractivity contribution >= 4 is 11.6 Å². The third kappa shape index (κ3) is 2.55. The molecule has 19 heavy (non-hydrogen) atoms. The van der Waals surface area contributed by atoms with Crippen molar-refractivity contribution in [3.63, 3.8) is 0 Å². The third-order valence-electron chi connectivity index (χ3n) is 3.70. The molecule has 0 bridgehead atoms. The Hall–Kier alpha value is -1.65. The number of aromatic nitrogens is 2. The lowest BCUT2D eigenvalue weighted by Crippen LogP contribution is -2.43. The summed E-state index contributed by atoms with van der Waals surface area (Å²) in [6, 6.07) is 0. The molecule has 0 atom stereocenters. The molecule has 0 aromatic carbocycles. The van der Waals surface area contributed by atoms with E-state index in [0.717, 1.165) is 19.4 Å². The molecule has 0 aliphatic carbocycles. The van der Waals surface area contributed by atoms with Crippen molar-refractivity contribution in [2.75, 3.05) is 12.3 Å². The molecular formula is C14H22N4O. The maximum atomic E-state index is 12.6. The van der Waals surface area contributed by atoms with Crippen molar-refractivity contribution in [2.45, 2.75) is 52.0 Å². The summed E-state index contributed by atoms with van der Waals surface area (Å²) in [4.78, 5) is 23.0. The highest BCUT2D eigenvalue weighted by atomic mass is 16.2. The van der Waals surface area contributed by atoms with Crippen molar-refractivity contribution in [1.82, 2.24) is 14.9 Å². The molecular weight excluding hydrogens is 240 g/mol. The van der Waals surface area contributed by atoms with Gasteiger partial charge in [-0.25, -0.2) is 9.97 Å². The second kappa shape index (κ2) is 4.79. The predicted octanol–water partition coefficient (Wildman–Crippen LogP) is 2.20. The lowest BCUT2D eigenvalue weighted by molar-refractivity contribution is 0.0646. The number of carbonyl (C=O) groups excluding carboxylic acids is 1. The molecule has 2 heterocycles. The van der Waals surface area contributed by atoms with E-state index >= 15 is 0 Å². The van der Waals surface area contributed by atoms with E-state index in [-0.39, 0.29) is 17.4 Å². The zero-order valence-electron chi connectivity index (χ0n) is 12.1. The Kier molecular flexibility index (Phi) is 3.47. The molecule has 2 N–H and O–H groups in total. The normalized spacial score (nSPS) is 18.1. The topological polar surface area (TPSA) is 72.1 Å². The second-order valence-electron chi connectivity index (χ2n) is 6.06. The summed E-state index contributed by atoms with van der Waals surface area (Å²) >= 11 is 0. The van der Waals surface area contributed by atoms with Gasteiger partial charge in [0.15, 0.2) is 5.69 Å². The van der Waals surface area contributed by atoms with Crippen LogP contribution in [0.1, 0.15) is 62.8 Å². The Morgan fingerprint density at radius 1 is 1.47 bits per heavy atom. The first-order chi connectivity index (χ1) is 8.83. The predicted molar refractivity (Wildman–Crippen MR) is 74.9 cm³/mol. The summed E-state index contributed by atoms with van der Waals surface area (Å²) in [7, 11) is 0. The van der Waals surface area contributed by atoms with E-state index in [1.807, 2.05) is 18.7 Å². The monoisotopic (exact) mass is 262 g/mol. The number of likely N-dealkylation sites (tertiary alicyclic amines) is 1. The minimum Gasteiger partial charge on any atom is -0.396 e. The van der Waals surface area contributed by atoms with Crippen LogP contribution in [0.4, 0.5) is 5.69 Å². The molecule has 1 aromatic heterocycles. The maximum Gasteiger partial charge on any atom is 0.275 e. The van der Waals surface area contributed by atoms with Gasteiger partial charge in [0.25, 0.3) is 5.91 Å². The molecule has 1 aliphatic rings. The number of carbonyl (C=O) groups is 1. The summed E-state index contributed by atoms with van der Waals surface area (Å²) < 4.78 is 0. The highest BCUT2D eigenvalue weighted by Crippen LogP contribution is 2.30. The summed E-state index contributed by atoms with van der Waals surface area (Å²) in [5.74, 6) is 0.762. The van der Waals surface area contributed by atoms with Gasteiger partial charge in [-0.3, -0.25) is 4.79 Å². The average Bonchev–Trinajstić information content (AvgIpc) is 2.68. The Balaban J connectivity index is 2.36. The maximum absolute atomic E-state index is 12.6. The van der Waals surface area contributed by atoms with Gasteiger partial charge in [0.05, 0.1) is 11.9 Å². The first kappa shape index (κ1) is 13.8. The Bertz CT molecular complexity index is 496. The molecule has 0 unspecified atom stereocenters. The van der Waals surface area contributed by atoms with Gasteiger partial charge in [-0.1, -0.05) is 13.8 Å². The van der Waals surface area contributed by atoms with Gasteiger partial charge in [0.1, 0.15) is 5.82 Å². The third-order valence-corrected chi connectivity index (χ3v) is 3.70. The van der Waals surface area contributed by atoms with Gasteiger partial charge in [-0.2, -0.15) is 0 Å². The number of rotatable bonds is 2. The van der Waals surface area contributed by atoms with Gasteiger partial charge in [-0.15, -0.1) is 0 Å². The van der Waals surface area contributed by atoms with E-state index < -0.39 is 0 Å². The van der Waals surface area contributed by atoms with E-state index in [0.29, 0.717) is 17.2 Å². The molecule has 0 radical (unpaired) electrons. The molecule has 1 fully saturated rings. The largest absolute Gasteiger partial charge is 0.396 e. The fraction of sp³-hybridized carbons (Fsp3) is 0.643. The van der Waals surface area contributed by atoms with Gasteiger partial charge in [-0.05, 0) is 26.7 Å². The molecule has 5 nitrogen and oxygen atoms in total. The highest BCUT2D eigenvalue weighted by Gasteiger charge is 2.37. The average molecular weight is 262 g/mol. The van der Waals surface area contributed by atoms with Crippen LogP contribution in [0.3, 0.4) is 0 Å². The standard InChI is InChI=1S/C14H22N4O/c1-9(2)12-16-8-10(15)11(17-12)13(19)18-7-5-6-14(18,3)4/h8-9H,5-7,15H2,1-4H3. The number of anilines is 1. The Labute approximate surface area is 114 Å². The van der Waals surface area contributed by atoms with E-state index in [2.05, 4.69) is 23.8 Å². The zero-order valence-corrected chi connectivity index (χ0v) is 12.1. The quantitative estimate of drug-likeness (QED) is 0.886. The van der Waals surface area contributed by atoms with Crippen LogP contribution >= 0.6 is 0 Å². The van der Waals surface area contributed by atoms with Gasteiger partial charge in [0.2, 0.25) is 0 Å². The van der Waals surface area contributed by atoms with Crippen molar-refractivity contribution in [3.05, 3.63) is 17.7 Å². The van der Waals surface area contributed by atoms with Crippen LogP contribution in [0, 0.1) is 0 Å². The number of nitrogen functional groups attached to an aromatic ring is 1.